The number of hydrogen-bond acceptors (Lipinski definition) is 4. The summed E-state index contributed by atoms with van der Waals surface area (Å²) in [4.78, 5) is 13.9. The molecule has 0 saturated carbocycles. The first-order valence-corrected chi connectivity index (χ1v) is 8.69. The monoisotopic (exact) mass is 334 g/mol. The van der Waals surface area contributed by atoms with Crippen LogP contribution in [0.3, 0.4) is 0 Å². The molecule has 1 aromatic carbocycles. The molecule has 1 atom stereocenters. The first-order chi connectivity index (χ1) is 11.3. The van der Waals surface area contributed by atoms with Gasteiger partial charge in [0.2, 0.25) is 0 Å². The van der Waals surface area contributed by atoms with E-state index in [1.807, 2.05) is 39.0 Å². The number of likely N-dealkylation sites (tertiary alicyclic amines) is 1. The third kappa shape index (κ3) is 5.41. The number of carbonyl (C=O) groups excluding carboxylic acids is 1. The van der Waals surface area contributed by atoms with Crippen LogP contribution in [0.15, 0.2) is 18.2 Å². The topological polar surface area (TPSA) is 64.8 Å². The molecule has 1 saturated heterocycles. The van der Waals surface area contributed by atoms with Crippen LogP contribution >= 0.6 is 0 Å². The van der Waals surface area contributed by atoms with E-state index in [2.05, 4.69) is 6.92 Å². The number of benzene rings is 1. The fourth-order valence-corrected chi connectivity index (χ4v) is 2.86. The Morgan fingerprint density at radius 3 is 2.79 bits per heavy atom. The minimum atomic E-state index is -0.440. The van der Waals surface area contributed by atoms with Gasteiger partial charge in [0.05, 0.1) is 6.61 Å². The minimum absolute atomic E-state index is 0.211. The second kappa shape index (κ2) is 7.88. The van der Waals surface area contributed by atoms with Crippen molar-refractivity contribution in [2.45, 2.75) is 52.7 Å². The number of amides is 1. The maximum atomic E-state index is 12.1. The van der Waals surface area contributed by atoms with E-state index in [-0.39, 0.29) is 6.09 Å². The predicted molar refractivity (Wildman–Crippen MR) is 95.1 cm³/mol. The van der Waals surface area contributed by atoms with Gasteiger partial charge in [0.15, 0.2) is 0 Å². The number of rotatable bonds is 5. The van der Waals surface area contributed by atoms with Crippen LogP contribution in [0.5, 0.6) is 5.75 Å². The molecule has 0 aromatic heterocycles. The molecular formula is C19H30N2O3. The van der Waals surface area contributed by atoms with Crippen LogP contribution in [0.2, 0.25) is 0 Å². The Morgan fingerprint density at radius 2 is 2.12 bits per heavy atom. The molecule has 5 heteroatoms. The Labute approximate surface area is 145 Å². The third-order valence-electron chi connectivity index (χ3n) is 4.27. The first kappa shape index (κ1) is 18.6. The van der Waals surface area contributed by atoms with Crippen LogP contribution in [0.1, 0.15) is 44.7 Å². The highest BCUT2D eigenvalue weighted by atomic mass is 16.6. The largest absolute Gasteiger partial charge is 0.494 e. The summed E-state index contributed by atoms with van der Waals surface area (Å²) in [7, 11) is 0. The number of ether oxygens (including phenoxy) is 2. The number of nitrogens with two attached hydrogens (primary N) is 1. The van der Waals surface area contributed by atoms with Gasteiger partial charge in [-0.05, 0) is 69.7 Å². The molecule has 5 nitrogen and oxygen atoms in total. The van der Waals surface area contributed by atoms with E-state index >= 15 is 0 Å². The maximum Gasteiger partial charge on any atom is 0.410 e. The van der Waals surface area contributed by atoms with Gasteiger partial charge in [-0.3, -0.25) is 0 Å². The van der Waals surface area contributed by atoms with Gasteiger partial charge in [0.25, 0.3) is 0 Å². The third-order valence-corrected chi connectivity index (χ3v) is 4.27. The van der Waals surface area contributed by atoms with E-state index in [4.69, 9.17) is 15.2 Å². The lowest BCUT2D eigenvalue weighted by atomic mass is 10.1. The summed E-state index contributed by atoms with van der Waals surface area (Å²) in [6, 6.07) is 6.03. The Bertz CT molecular complexity index is 566. The Balaban J connectivity index is 1.75. The van der Waals surface area contributed by atoms with Gasteiger partial charge in [0, 0.05) is 19.6 Å². The highest BCUT2D eigenvalue weighted by Crippen LogP contribution is 2.23. The summed E-state index contributed by atoms with van der Waals surface area (Å²) in [5.74, 6) is 1.33. The lowest BCUT2D eigenvalue weighted by Gasteiger charge is -2.24. The molecule has 1 heterocycles. The summed E-state index contributed by atoms with van der Waals surface area (Å²) >= 11 is 0. The fourth-order valence-electron chi connectivity index (χ4n) is 2.86. The zero-order valence-electron chi connectivity index (χ0n) is 15.3. The van der Waals surface area contributed by atoms with Crippen LogP contribution in [0.4, 0.5) is 4.79 Å². The number of carbonyl (C=O) groups is 1. The molecule has 0 radical (unpaired) electrons. The van der Waals surface area contributed by atoms with Gasteiger partial charge in [0.1, 0.15) is 11.4 Å². The quantitative estimate of drug-likeness (QED) is 0.895. The van der Waals surface area contributed by atoms with E-state index in [9.17, 15) is 4.79 Å². The molecule has 0 bridgehead atoms. The van der Waals surface area contributed by atoms with Crippen molar-refractivity contribution in [1.82, 2.24) is 4.90 Å². The SMILES string of the molecule is Cc1ccc(OCCC2CCN(C(=O)OC(C)(C)C)C2)cc1CN. The van der Waals surface area contributed by atoms with Crippen LogP contribution in [0.25, 0.3) is 0 Å². The second-order valence-electron chi connectivity index (χ2n) is 7.51. The molecule has 1 aliphatic rings. The van der Waals surface area contributed by atoms with E-state index in [0.717, 1.165) is 37.2 Å². The normalized spacial score (nSPS) is 17.9. The fraction of sp³-hybridized carbons (Fsp3) is 0.632. The first-order valence-electron chi connectivity index (χ1n) is 8.69. The van der Waals surface area contributed by atoms with Crippen molar-refractivity contribution >= 4 is 6.09 Å². The van der Waals surface area contributed by atoms with Crippen molar-refractivity contribution < 1.29 is 14.3 Å². The average Bonchev–Trinajstić information content (AvgIpc) is 2.96. The molecule has 24 heavy (non-hydrogen) atoms. The molecule has 0 aliphatic carbocycles. The minimum Gasteiger partial charge on any atom is -0.494 e. The van der Waals surface area contributed by atoms with E-state index in [1.165, 1.54) is 5.56 Å². The molecule has 134 valence electrons. The molecule has 2 N–H and O–H groups in total. The van der Waals surface area contributed by atoms with Crippen molar-refractivity contribution in [3.05, 3.63) is 29.3 Å². The number of aryl methyl sites for hydroxylation is 1. The van der Waals surface area contributed by atoms with E-state index < -0.39 is 5.60 Å². The molecule has 1 unspecified atom stereocenters. The highest BCUT2D eigenvalue weighted by molar-refractivity contribution is 5.68. The molecule has 1 fully saturated rings. The van der Waals surface area contributed by atoms with Crippen molar-refractivity contribution in [3.8, 4) is 5.75 Å². The van der Waals surface area contributed by atoms with E-state index in [1.54, 1.807) is 4.90 Å². The summed E-state index contributed by atoms with van der Waals surface area (Å²) in [5.41, 5.74) is 7.59. The lowest BCUT2D eigenvalue weighted by molar-refractivity contribution is 0.0286. The highest BCUT2D eigenvalue weighted by Gasteiger charge is 2.29. The van der Waals surface area contributed by atoms with Gasteiger partial charge in [-0.2, -0.15) is 0 Å². The number of nitrogens with zero attached hydrogens (tertiary/aromatic N) is 1. The summed E-state index contributed by atoms with van der Waals surface area (Å²) in [6.07, 6.45) is 1.73. The standard InChI is InChI=1S/C19H30N2O3/c1-14-5-6-17(11-16(14)12-20)23-10-8-15-7-9-21(13-15)18(22)24-19(2,3)4/h5-6,11,15H,7-10,12-13,20H2,1-4H3. The van der Waals surface area contributed by atoms with Crippen LogP contribution in [-0.4, -0.2) is 36.3 Å². The van der Waals surface area contributed by atoms with Gasteiger partial charge in [-0.25, -0.2) is 4.79 Å². The van der Waals surface area contributed by atoms with Gasteiger partial charge < -0.3 is 20.1 Å². The number of hydrogen-bond donors (Lipinski definition) is 1. The van der Waals surface area contributed by atoms with Crippen molar-refractivity contribution in [2.24, 2.45) is 11.7 Å². The molecule has 1 aliphatic heterocycles. The van der Waals surface area contributed by atoms with Crippen LogP contribution in [-0.2, 0) is 11.3 Å². The summed E-state index contributed by atoms with van der Waals surface area (Å²) in [5, 5.41) is 0. The summed E-state index contributed by atoms with van der Waals surface area (Å²) < 4.78 is 11.3. The van der Waals surface area contributed by atoms with Gasteiger partial charge in [-0.15, -0.1) is 0 Å². The smallest absolute Gasteiger partial charge is 0.410 e. The maximum absolute atomic E-state index is 12.1. The molecule has 1 aromatic rings. The molecule has 2 rings (SSSR count). The molecule has 1 amide bonds. The summed E-state index contributed by atoms with van der Waals surface area (Å²) in [6.45, 7) is 10.4. The van der Waals surface area contributed by atoms with Crippen molar-refractivity contribution in [1.29, 1.82) is 0 Å². The zero-order chi connectivity index (χ0) is 17.7. The second-order valence-corrected chi connectivity index (χ2v) is 7.51. The van der Waals surface area contributed by atoms with Crippen LogP contribution < -0.4 is 10.5 Å². The average molecular weight is 334 g/mol. The lowest BCUT2D eigenvalue weighted by Crippen LogP contribution is -2.35. The van der Waals surface area contributed by atoms with Crippen molar-refractivity contribution in [3.63, 3.8) is 0 Å². The molecule has 0 spiro atoms. The van der Waals surface area contributed by atoms with Crippen molar-refractivity contribution in [2.75, 3.05) is 19.7 Å². The predicted octanol–water partition coefficient (Wildman–Crippen LogP) is 3.48. The van der Waals surface area contributed by atoms with Gasteiger partial charge >= 0.3 is 6.09 Å². The zero-order valence-corrected chi connectivity index (χ0v) is 15.3. The van der Waals surface area contributed by atoms with Gasteiger partial charge in [-0.1, -0.05) is 6.07 Å². The Morgan fingerprint density at radius 1 is 1.38 bits per heavy atom. The van der Waals surface area contributed by atoms with E-state index in [0.29, 0.717) is 19.1 Å². The Hall–Kier alpha value is -1.75. The molecular weight excluding hydrogens is 304 g/mol. The van der Waals surface area contributed by atoms with Crippen LogP contribution in [0, 0.1) is 12.8 Å². The Kier molecular flexibility index (Phi) is 6.10.